The summed E-state index contributed by atoms with van der Waals surface area (Å²) in [6.07, 6.45) is 3.54. The molecule has 0 spiro atoms. The zero-order chi connectivity index (χ0) is 8.55. The van der Waals surface area contributed by atoms with Crippen molar-refractivity contribution in [3.05, 3.63) is 33.8 Å². The van der Waals surface area contributed by atoms with Crippen molar-refractivity contribution in [2.24, 2.45) is 5.73 Å². The molecule has 0 amide bonds. The lowest BCUT2D eigenvalue weighted by Crippen LogP contribution is -2.17. The van der Waals surface area contributed by atoms with Crippen LogP contribution < -0.4 is 5.73 Å². The van der Waals surface area contributed by atoms with Crippen molar-refractivity contribution in [3.8, 4) is 0 Å². The fourth-order valence-corrected chi connectivity index (χ4v) is 2.23. The lowest BCUT2D eigenvalue weighted by molar-refractivity contribution is 0.570. The lowest BCUT2D eigenvalue weighted by atomic mass is 9.88. The third kappa shape index (κ3) is 1.41. The average Bonchev–Trinajstić information content (AvgIpc) is 2.04. The highest BCUT2D eigenvalue weighted by Gasteiger charge is 2.15. The quantitative estimate of drug-likeness (QED) is 0.723. The number of rotatable bonds is 0. The summed E-state index contributed by atoms with van der Waals surface area (Å²) in [6.45, 7) is 0. The van der Waals surface area contributed by atoms with Gasteiger partial charge < -0.3 is 5.73 Å². The standard InChI is InChI=1S/C10H12BrN/c11-8-4-5-9-7(6-8)2-1-3-10(9)12/h4-6,10H,1-3,12H2. The molecule has 64 valence electrons. The van der Waals surface area contributed by atoms with Crippen molar-refractivity contribution < 1.29 is 0 Å². The Labute approximate surface area is 81.1 Å². The van der Waals surface area contributed by atoms with Crippen LogP contribution in [0.5, 0.6) is 0 Å². The van der Waals surface area contributed by atoms with Gasteiger partial charge in [-0.1, -0.05) is 22.0 Å². The first-order valence-corrected chi connectivity index (χ1v) is 5.10. The average molecular weight is 226 g/mol. The van der Waals surface area contributed by atoms with Crippen LogP contribution in [-0.4, -0.2) is 0 Å². The van der Waals surface area contributed by atoms with Crippen molar-refractivity contribution in [1.29, 1.82) is 0 Å². The van der Waals surface area contributed by atoms with Gasteiger partial charge in [0.1, 0.15) is 0 Å². The second kappa shape index (κ2) is 3.19. The molecule has 1 aromatic carbocycles. The number of hydrogen-bond acceptors (Lipinski definition) is 1. The summed E-state index contributed by atoms with van der Waals surface area (Å²) in [7, 11) is 0. The summed E-state index contributed by atoms with van der Waals surface area (Å²) in [5, 5.41) is 0. The second-order valence-corrected chi connectivity index (χ2v) is 4.26. The minimum Gasteiger partial charge on any atom is -0.324 e. The first kappa shape index (κ1) is 8.27. The van der Waals surface area contributed by atoms with E-state index in [4.69, 9.17) is 5.73 Å². The summed E-state index contributed by atoms with van der Waals surface area (Å²) in [4.78, 5) is 0. The van der Waals surface area contributed by atoms with E-state index in [-0.39, 0.29) is 6.04 Å². The molecule has 0 aliphatic heterocycles. The Morgan fingerprint density at radius 3 is 3.08 bits per heavy atom. The Kier molecular flexibility index (Phi) is 2.20. The van der Waals surface area contributed by atoms with E-state index in [0.29, 0.717) is 0 Å². The maximum atomic E-state index is 5.98. The monoisotopic (exact) mass is 225 g/mol. The van der Waals surface area contributed by atoms with Gasteiger partial charge in [0.05, 0.1) is 0 Å². The van der Waals surface area contributed by atoms with Crippen LogP contribution in [0.3, 0.4) is 0 Å². The van der Waals surface area contributed by atoms with Crippen molar-refractivity contribution >= 4 is 15.9 Å². The summed E-state index contributed by atoms with van der Waals surface area (Å²) in [6, 6.07) is 6.67. The summed E-state index contributed by atoms with van der Waals surface area (Å²) >= 11 is 3.47. The predicted molar refractivity (Wildman–Crippen MR) is 54.0 cm³/mol. The molecule has 0 bridgehead atoms. The third-order valence-corrected chi connectivity index (χ3v) is 2.96. The van der Waals surface area contributed by atoms with Crippen LogP contribution in [0.25, 0.3) is 0 Å². The number of benzene rings is 1. The normalized spacial score (nSPS) is 22.0. The minimum absolute atomic E-state index is 0.266. The predicted octanol–water partition coefficient (Wildman–Crippen LogP) is 2.79. The highest BCUT2D eigenvalue weighted by atomic mass is 79.9. The number of fused-ring (bicyclic) bond motifs is 1. The largest absolute Gasteiger partial charge is 0.324 e. The van der Waals surface area contributed by atoms with E-state index in [1.54, 1.807) is 0 Å². The molecule has 1 unspecified atom stereocenters. The van der Waals surface area contributed by atoms with Gasteiger partial charge in [0.2, 0.25) is 0 Å². The van der Waals surface area contributed by atoms with Crippen LogP contribution in [0.15, 0.2) is 22.7 Å². The SMILES string of the molecule is NC1CCCc2cc(Br)ccc21. The van der Waals surface area contributed by atoms with Gasteiger partial charge in [0, 0.05) is 10.5 Å². The Morgan fingerprint density at radius 2 is 2.25 bits per heavy atom. The zero-order valence-corrected chi connectivity index (χ0v) is 8.47. The van der Waals surface area contributed by atoms with Crippen LogP contribution in [0.2, 0.25) is 0 Å². The molecule has 2 rings (SSSR count). The minimum atomic E-state index is 0.266. The molecule has 0 saturated heterocycles. The van der Waals surface area contributed by atoms with E-state index in [1.165, 1.54) is 24.0 Å². The number of halogens is 1. The molecule has 1 aromatic rings. The Hall–Kier alpha value is -0.340. The molecular formula is C10H12BrN. The Balaban J connectivity index is 2.46. The number of hydrogen-bond donors (Lipinski definition) is 1. The topological polar surface area (TPSA) is 26.0 Å². The van der Waals surface area contributed by atoms with Crippen LogP contribution in [0.1, 0.15) is 30.0 Å². The van der Waals surface area contributed by atoms with Gasteiger partial charge in [-0.2, -0.15) is 0 Å². The van der Waals surface area contributed by atoms with Gasteiger partial charge in [-0.25, -0.2) is 0 Å². The van der Waals surface area contributed by atoms with E-state index in [1.807, 2.05) is 0 Å². The van der Waals surface area contributed by atoms with Gasteiger partial charge >= 0.3 is 0 Å². The molecule has 0 fully saturated rings. The molecule has 2 heteroatoms. The van der Waals surface area contributed by atoms with E-state index in [0.717, 1.165) is 10.9 Å². The Bertz CT molecular complexity index is 296. The molecular weight excluding hydrogens is 214 g/mol. The van der Waals surface area contributed by atoms with Crippen molar-refractivity contribution in [1.82, 2.24) is 0 Å². The fourth-order valence-electron chi connectivity index (χ4n) is 1.82. The van der Waals surface area contributed by atoms with Gasteiger partial charge in [0.15, 0.2) is 0 Å². The fraction of sp³-hybridized carbons (Fsp3) is 0.400. The molecule has 1 atom stereocenters. The molecule has 1 aliphatic rings. The first-order chi connectivity index (χ1) is 5.77. The maximum Gasteiger partial charge on any atom is 0.0297 e. The van der Waals surface area contributed by atoms with Gasteiger partial charge in [-0.05, 0) is 42.5 Å². The molecule has 0 aromatic heterocycles. The highest BCUT2D eigenvalue weighted by Crippen LogP contribution is 2.29. The molecule has 0 radical (unpaired) electrons. The van der Waals surface area contributed by atoms with E-state index in [2.05, 4.69) is 34.1 Å². The van der Waals surface area contributed by atoms with Crippen molar-refractivity contribution in [2.75, 3.05) is 0 Å². The second-order valence-electron chi connectivity index (χ2n) is 3.34. The molecule has 0 saturated carbocycles. The van der Waals surface area contributed by atoms with Gasteiger partial charge in [-0.3, -0.25) is 0 Å². The summed E-state index contributed by atoms with van der Waals surface area (Å²) < 4.78 is 1.16. The third-order valence-electron chi connectivity index (χ3n) is 2.47. The molecule has 1 aliphatic carbocycles. The van der Waals surface area contributed by atoms with Crippen LogP contribution in [0.4, 0.5) is 0 Å². The first-order valence-electron chi connectivity index (χ1n) is 4.31. The van der Waals surface area contributed by atoms with Crippen LogP contribution in [-0.2, 0) is 6.42 Å². The smallest absolute Gasteiger partial charge is 0.0297 e. The summed E-state index contributed by atoms with van der Waals surface area (Å²) in [5.74, 6) is 0. The van der Waals surface area contributed by atoms with Gasteiger partial charge in [0.25, 0.3) is 0 Å². The van der Waals surface area contributed by atoms with E-state index >= 15 is 0 Å². The van der Waals surface area contributed by atoms with E-state index < -0.39 is 0 Å². The molecule has 1 nitrogen and oxygen atoms in total. The zero-order valence-electron chi connectivity index (χ0n) is 6.89. The Morgan fingerprint density at radius 1 is 1.42 bits per heavy atom. The van der Waals surface area contributed by atoms with Crippen molar-refractivity contribution in [2.45, 2.75) is 25.3 Å². The van der Waals surface area contributed by atoms with Crippen LogP contribution >= 0.6 is 15.9 Å². The maximum absolute atomic E-state index is 5.98. The lowest BCUT2D eigenvalue weighted by Gasteiger charge is -2.21. The van der Waals surface area contributed by atoms with Crippen LogP contribution in [0, 0.1) is 0 Å². The number of aryl methyl sites for hydroxylation is 1. The number of nitrogens with two attached hydrogens (primary N) is 1. The highest BCUT2D eigenvalue weighted by molar-refractivity contribution is 9.10. The van der Waals surface area contributed by atoms with Crippen molar-refractivity contribution in [3.63, 3.8) is 0 Å². The molecule has 12 heavy (non-hydrogen) atoms. The molecule has 2 N–H and O–H groups in total. The summed E-state index contributed by atoms with van der Waals surface area (Å²) in [5.41, 5.74) is 8.74. The molecule has 0 heterocycles. The van der Waals surface area contributed by atoms with Gasteiger partial charge in [-0.15, -0.1) is 0 Å². The van der Waals surface area contributed by atoms with E-state index in [9.17, 15) is 0 Å².